The van der Waals surface area contributed by atoms with E-state index in [-0.39, 0.29) is 11.3 Å². The first-order valence-corrected chi connectivity index (χ1v) is 10.5. The summed E-state index contributed by atoms with van der Waals surface area (Å²) in [5, 5.41) is 9.75. The predicted octanol–water partition coefficient (Wildman–Crippen LogP) is 1.56. The number of carbonyl (C=O) groups is 2. The van der Waals surface area contributed by atoms with E-state index in [0.717, 1.165) is 45.4 Å². The summed E-state index contributed by atoms with van der Waals surface area (Å²) in [6, 6.07) is 9.95. The van der Waals surface area contributed by atoms with Gasteiger partial charge in [-0.1, -0.05) is 30.3 Å². The zero-order valence-corrected chi connectivity index (χ0v) is 16.7. The molecule has 28 heavy (non-hydrogen) atoms. The molecule has 1 spiro atoms. The molecule has 6 nitrogen and oxygen atoms in total. The van der Waals surface area contributed by atoms with Crippen molar-refractivity contribution < 1.29 is 14.7 Å². The lowest BCUT2D eigenvalue weighted by atomic mass is 9.80. The van der Waals surface area contributed by atoms with E-state index in [1.807, 2.05) is 22.9 Å². The van der Waals surface area contributed by atoms with Crippen LogP contribution in [-0.2, 0) is 16.0 Å². The second-order valence-electron chi connectivity index (χ2n) is 8.91. The molecular formula is C22H31N3O3. The van der Waals surface area contributed by atoms with Crippen molar-refractivity contribution >= 4 is 11.9 Å². The number of piperidine rings is 1. The van der Waals surface area contributed by atoms with Gasteiger partial charge in [0.15, 0.2) is 0 Å². The van der Waals surface area contributed by atoms with Crippen LogP contribution in [0.2, 0.25) is 0 Å². The number of amides is 1. The number of piperazine rings is 1. The van der Waals surface area contributed by atoms with E-state index in [2.05, 4.69) is 29.2 Å². The molecule has 2 atom stereocenters. The summed E-state index contributed by atoms with van der Waals surface area (Å²) < 4.78 is 0. The van der Waals surface area contributed by atoms with Gasteiger partial charge in [0.05, 0.1) is 5.92 Å². The molecule has 1 aromatic rings. The van der Waals surface area contributed by atoms with Crippen LogP contribution in [0.25, 0.3) is 0 Å². The number of likely N-dealkylation sites (N-methyl/N-ethyl adjacent to an activating group) is 1. The maximum atomic E-state index is 13.2. The van der Waals surface area contributed by atoms with Crippen molar-refractivity contribution in [1.29, 1.82) is 0 Å². The number of aliphatic carboxylic acids is 1. The standard InChI is InChI=1S/C22H31N3O3/c1-23-16-22(8-9-22)15-18(21(27)28)19(23)20(26)25-13-11-24(12-14-25)10-7-17-5-3-2-4-6-17/h2-6,18-19H,7-16H2,1H3,(H,27,28). The van der Waals surface area contributed by atoms with Gasteiger partial charge in [0.2, 0.25) is 5.91 Å². The lowest BCUT2D eigenvalue weighted by Crippen LogP contribution is -2.60. The van der Waals surface area contributed by atoms with Crippen molar-refractivity contribution in [2.24, 2.45) is 11.3 Å². The second kappa shape index (κ2) is 7.84. The zero-order valence-electron chi connectivity index (χ0n) is 16.7. The van der Waals surface area contributed by atoms with E-state index in [1.54, 1.807) is 0 Å². The molecule has 6 heteroatoms. The lowest BCUT2D eigenvalue weighted by molar-refractivity contribution is -0.156. The molecule has 1 saturated carbocycles. The Kier molecular flexibility index (Phi) is 5.43. The quantitative estimate of drug-likeness (QED) is 0.833. The van der Waals surface area contributed by atoms with E-state index in [0.29, 0.717) is 19.5 Å². The van der Waals surface area contributed by atoms with E-state index in [9.17, 15) is 14.7 Å². The minimum Gasteiger partial charge on any atom is -0.481 e. The van der Waals surface area contributed by atoms with Gasteiger partial charge in [-0.05, 0) is 43.7 Å². The highest BCUT2D eigenvalue weighted by Crippen LogP contribution is 2.54. The Hall–Kier alpha value is -1.92. The number of likely N-dealkylation sites (tertiary alicyclic amines) is 1. The van der Waals surface area contributed by atoms with E-state index in [4.69, 9.17) is 0 Å². The summed E-state index contributed by atoms with van der Waals surface area (Å²) in [6.07, 6.45) is 3.87. The maximum absolute atomic E-state index is 13.2. The van der Waals surface area contributed by atoms with Crippen molar-refractivity contribution in [2.75, 3.05) is 46.3 Å². The maximum Gasteiger partial charge on any atom is 0.308 e. The van der Waals surface area contributed by atoms with Crippen molar-refractivity contribution in [2.45, 2.75) is 31.7 Å². The van der Waals surface area contributed by atoms with Crippen LogP contribution in [0, 0.1) is 11.3 Å². The van der Waals surface area contributed by atoms with Gasteiger partial charge in [-0.15, -0.1) is 0 Å². The first-order valence-electron chi connectivity index (χ1n) is 10.5. The molecule has 3 aliphatic rings. The van der Waals surface area contributed by atoms with Gasteiger partial charge in [-0.25, -0.2) is 0 Å². The summed E-state index contributed by atoms with van der Waals surface area (Å²) in [6.45, 7) is 4.94. The van der Waals surface area contributed by atoms with Crippen LogP contribution in [0.15, 0.2) is 30.3 Å². The Morgan fingerprint density at radius 3 is 2.39 bits per heavy atom. The van der Waals surface area contributed by atoms with Gasteiger partial charge in [0.1, 0.15) is 6.04 Å². The fourth-order valence-corrected chi connectivity index (χ4v) is 5.01. The van der Waals surface area contributed by atoms with E-state index in [1.165, 1.54) is 5.56 Å². The highest BCUT2D eigenvalue weighted by molar-refractivity contribution is 5.88. The van der Waals surface area contributed by atoms with Crippen LogP contribution >= 0.6 is 0 Å². The minimum atomic E-state index is -0.822. The topological polar surface area (TPSA) is 64.1 Å². The first kappa shape index (κ1) is 19.4. The van der Waals surface area contributed by atoms with Crippen molar-refractivity contribution in [3.63, 3.8) is 0 Å². The van der Waals surface area contributed by atoms with Crippen LogP contribution in [0.4, 0.5) is 0 Å². The van der Waals surface area contributed by atoms with Crippen molar-refractivity contribution in [3.8, 4) is 0 Å². The number of benzene rings is 1. The molecule has 3 fully saturated rings. The normalized spacial score (nSPS) is 27.7. The number of hydrogen-bond acceptors (Lipinski definition) is 4. The number of hydrogen-bond donors (Lipinski definition) is 1. The van der Waals surface area contributed by atoms with Gasteiger partial charge in [0.25, 0.3) is 0 Å². The Bertz CT molecular complexity index is 711. The largest absolute Gasteiger partial charge is 0.481 e. The van der Waals surface area contributed by atoms with E-state index < -0.39 is 17.9 Å². The van der Waals surface area contributed by atoms with Crippen LogP contribution < -0.4 is 0 Å². The Morgan fingerprint density at radius 2 is 1.79 bits per heavy atom. The molecule has 0 radical (unpaired) electrons. The molecule has 0 aromatic heterocycles. The highest BCUT2D eigenvalue weighted by atomic mass is 16.4. The molecule has 0 bridgehead atoms. The van der Waals surface area contributed by atoms with Crippen LogP contribution in [0.3, 0.4) is 0 Å². The SMILES string of the molecule is CN1CC2(CC2)CC(C(=O)O)C1C(=O)N1CCN(CCc2ccccc2)CC1. The van der Waals surface area contributed by atoms with Crippen LogP contribution in [-0.4, -0.2) is 84.0 Å². The average Bonchev–Trinajstić information content (AvgIpc) is 3.45. The third kappa shape index (κ3) is 4.08. The van der Waals surface area contributed by atoms with Gasteiger partial charge in [0, 0.05) is 39.3 Å². The summed E-state index contributed by atoms with van der Waals surface area (Å²) in [5.41, 5.74) is 1.49. The minimum absolute atomic E-state index is 0.00751. The Morgan fingerprint density at radius 1 is 1.11 bits per heavy atom. The number of carboxylic acids is 1. The van der Waals surface area contributed by atoms with Gasteiger partial charge in [-0.2, -0.15) is 0 Å². The first-order chi connectivity index (χ1) is 13.5. The molecule has 4 rings (SSSR count). The molecule has 2 unspecified atom stereocenters. The smallest absolute Gasteiger partial charge is 0.308 e. The molecule has 2 heterocycles. The summed E-state index contributed by atoms with van der Waals surface area (Å²) in [7, 11) is 1.92. The number of rotatable bonds is 5. The zero-order chi connectivity index (χ0) is 19.7. The lowest BCUT2D eigenvalue weighted by Gasteiger charge is -2.44. The van der Waals surface area contributed by atoms with Gasteiger partial charge >= 0.3 is 5.97 Å². The second-order valence-corrected chi connectivity index (χ2v) is 8.91. The molecule has 1 N–H and O–H groups in total. The molecule has 2 saturated heterocycles. The van der Waals surface area contributed by atoms with Crippen LogP contribution in [0.1, 0.15) is 24.8 Å². The third-order valence-corrected chi connectivity index (χ3v) is 6.86. The fourth-order valence-electron chi connectivity index (χ4n) is 5.01. The van der Waals surface area contributed by atoms with Crippen molar-refractivity contribution in [1.82, 2.24) is 14.7 Å². The number of carboxylic acid groups (broad SMARTS) is 1. The number of nitrogens with zero attached hydrogens (tertiary/aromatic N) is 3. The Labute approximate surface area is 167 Å². The molecule has 1 amide bonds. The van der Waals surface area contributed by atoms with Gasteiger partial charge in [-0.3, -0.25) is 19.4 Å². The summed E-state index contributed by atoms with van der Waals surface area (Å²) in [5.74, 6) is -1.39. The number of carbonyl (C=O) groups excluding carboxylic acids is 1. The Balaban J connectivity index is 1.32. The molecule has 1 aromatic carbocycles. The van der Waals surface area contributed by atoms with Crippen LogP contribution in [0.5, 0.6) is 0 Å². The average molecular weight is 386 g/mol. The van der Waals surface area contributed by atoms with Crippen molar-refractivity contribution in [3.05, 3.63) is 35.9 Å². The molecule has 1 aliphatic carbocycles. The van der Waals surface area contributed by atoms with E-state index >= 15 is 0 Å². The molecule has 152 valence electrons. The third-order valence-electron chi connectivity index (χ3n) is 6.86. The molecule has 2 aliphatic heterocycles. The monoisotopic (exact) mass is 385 g/mol. The predicted molar refractivity (Wildman–Crippen MR) is 107 cm³/mol. The highest BCUT2D eigenvalue weighted by Gasteiger charge is 2.55. The summed E-state index contributed by atoms with van der Waals surface area (Å²) >= 11 is 0. The fraction of sp³-hybridized carbons (Fsp3) is 0.636. The van der Waals surface area contributed by atoms with Gasteiger partial charge < -0.3 is 10.0 Å². The summed E-state index contributed by atoms with van der Waals surface area (Å²) in [4.78, 5) is 31.4. The molecular weight excluding hydrogens is 354 g/mol.